The molecule has 2 heterocycles. The van der Waals surface area contributed by atoms with Gasteiger partial charge in [-0.2, -0.15) is 26.3 Å². The average molecular weight is 764 g/mol. The standard InChI is InChI=1S/C37H35F6N3O6S/c1-4-23-8-6-9-24(5-2)29(23)35(13-14-35)34(48)45-53(49,50)18-22-11-12-27(21(3)16-22)46-17-26-28(33(46)47)31(51-19-36(38,39)40)25-10-7-15-44-30(25)32(26)52-20-37(41,42)43/h6-12,15-16H,4-5,13-14,17-20H2,1-3H3,(H,45,48). The predicted molar refractivity (Wildman–Crippen MR) is 183 cm³/mol. The summed E-state index contributed by atoms with van der Waals surface area (Å²) >= 11 is 0. The molecule has 6 rings (SSSR count). The van der Waals surface area contributed by atoms with E-state index < -0.39 is 82.2 Å². The zero-order valence-corrected chi connectivity index (χ0v) is 29.7. The van der Waals surface area contributed by atoms with Crippen molar-refractivity contribution in [1.82, 2.24) is 9.71 Å². The first-order valence-electron chi connectivity index (χ1n) is 16.8. The summed E-state index contributed by atoms with van der Waals surface area (Å²) in [5.41, 5.74) is 1.96. The minimum absolute atomic E-state index is 0.152. The number of halogens is 6. The lowest BCUT2D eigenvalue weighted by atomic mass is 9.85. The number of sulfonamides is 1. The Labute approximate surface area is 301 Å². The van der Waals surface area contributed by atoms with Crippen LogP contribution >= 0.6 is 0 Å². The Morgan fingerprint density at radius 1 is 0.925 bits per heavy atom. The van der Waals surface area contributed by atoms with Gasteiger partial charge >= 0.3 is 12.4 Å². The molecule has 0 atom stereocenters. The smallest absolute Gasteiger partial charge is 0.422 e. The van der Waals surface area contributed by atoms with Crippen molar-refractivity contribution < 1.29 is 53.8 Å². The van der Waals surface area contributed by atoms with Crippen molar-refractivity contribution in [1.29, 1.82) is 0 Å². The fourth-order valence-corrected chi connectivity index (χ4v) is 8.19. The van der Waals surface area contributed by atoms with E-state index >= 15 is 0 Å². The number of alkyl halides is 6. The summed E-state index contributed by atoms with van der Waals surface area (Å²) in [6, 6.07) is 12.7. The van der Waals surface area contributed by atoms with Crippen molar-refractivity contribution in [2.75, 3.05) is 18.1 Å². The van der Waals surface area contributed by atoms with Crippen LogP contribution < -0.4 is 19.1 Å². The summed E-state index contributed by atoms with van der Waals surface area (Å²) in [6.07, 6.45) is -6.00. The summed E-state index contributed by atoms with van der Waals surface area (Å²) < 4.78 is 119. The highest BCUT2D eigenvalue weighted by Gasteiger charge is 2.54. The Balaban J connectivity index is 1.29. The van der Waals surface area contributed by atoms with Gasteiger partial charge in [0.1, 0.15) is 11.3 Å². The van der Waals surface area contributed by atoms with E-state index in [1.807, 2.05) is 32.0 Å². The zero-order valence-electron chi connectivity index (χ0n) is 28.9. The topological polar surface area (TPSA) is 115 Å². The molecule has 2 aliphatic rings. The van der Waals surface area contributed by atoms with Crippen molar-refractivity contribution in [2.45, 2.75) is 76.5 Å². The lowest BCUT2D eigenvalue weighted by Gasteiger charge is -2.22. The van der Waals surface area contributed by atoms with E-state index in [9.17, 15) is 44.3 Å². The van der Waals surface area contributed by atoms with Crippen LogP contribution in [0.25, 0.3) is 10.9 Å². The Hall–Kier alpha value is -4.86. The molecular formula is C37H35F6N3O6S. The number of carbonyl (C=O) groups is 2. The van der Waals surface area contributed by atoms with E-state index in [2.05, 4.69) is 9.71 Å². The molecule has 0 spiro atoms. The molecule has 1 aliphatic heterocycles. The number of benzene rings is 3. The zero-order chi connectivity index (χ0) is 38.5. The Morgan fingerprint density at radius 3 is 2.11 bits per heavy atom. The van der Waals surface area contributed by atoms with Gasteiger partial charge < -0.3 is 14.4 Å². The number of carbonyl (C=O) groups excluding carboxylic acids is 2. The van der Waals surface area contributed by atoms with Crippen LogP contribution in [0.15, 0.2) is 54.7 Å². The predicted octanol–water partition coefficient (Wildman–Crippen LogP) is 7.39. The maximum absolute atomic E-state index is 14.0. The quantitative estimate of drug-likeness (QED) is 0.150. The lowest BCUT2D eigenvalue weighted by molar-refractivity contribution is -0.154. The second-order valence-electron chi connectivity index (χ2n) is 13.2. The number of ether oxygens (including phenoxy) is 2. The van der Waals surface area contributed by atoms with Gasteiger partial charge in [-0.15, -0.1) is 0 Å². The second kappa shape index (κ2) is 13.8. The van der Waals surface area contributed by atoms with E-state index in [-0.39, 0.29) is 27.7 Å². The molecule has 53 heavy (non-hydrogen) atoms. The van der Waals surface area contributed by atoms with Crippen molar-refractivity contribution in [2.24, 2.45) is 0 Å². The largest absolute Gasteiger partial charge is 0.483 e. The van der Waals surface area contributed by atoms with E-state index in [1.165, 1.54) is 36.5 Å². The van der Waals surface area contributed by atoms with E-state index in [4.69, 9.17) is 9.47 Å². The van der Waals surface area contributed by atoms with Gasteiger partial charge in [-0.25, -0.2) is 8.42 Å². The molecule has 3 aromatic carbocycles. The number of aromatic nitrogens is 1. The normalized spacial score (nSPS) is 15.4. The van der Waals surface area contributed by atoms with Crippen LogP contribution in [0.3, 0.4) is 0 Å². The van der Waals surface area contributed by atoms with Crippen LogP contribution in [-0.4, -0.2) is 50.8 Å². The molecule has 9 nitrogen and oxygen atoms in total. The summed E-state index contributed by atoms with van der Waals surface area (Å²) in [6.45, 7) is 1.56. The Kier molecular flexibility index (Phi) is 9.90. The molecule has 0 radical (unpaired) electrons. The molecule has 1 fully saturated rings. The highest BCUT2D eigenvalue weighted by Crippen LogP contribution is 2.51. The SMILES string of the molecule is CCc1cccc(CC)c1C1(C(=O)NS(=O)(=O)Cc2ccc(N3Cc4c(c(OCC(F)(F)F)c5cccnc5c4OCC(F)(F)F)C3=O)c(C)c2)CC1. The third-order valence-electron chi connectivity index (χ3n) is 9.42. The molecular weight excluding hydrogens is 728 g/mol. The molecule has 1 saturated carbocycles. The van der Waals surface area contributed by atoms with Crippen molar-refractivity contribution in [3.63, 3.8) is 0 Å². The number of nitrogens with one attached hydrogen (secondary N) is 1. The van der Waals surface area contributed by atoms with Crippen molar-refractivity contribution in [3.05, 3.63) is 93.7 Å². The lowest BCUT2D eigenvalue weighted by Crippen LogP contribution is -2.40. The number of pyridine rings is 1. The third-order valence-corrected chi connectivity index (χ3v) is 10.6. The first-order chi connectivity index (χ1) is 24.9. The van der Waals surface area contributed by atoms with Crippen molar-refractivity contribution in [3.8, 4) is 11.5 Å². The molecule has 4 aromatic rings. The first-order valence-corrected chi connectivity index (χ1v) is 18.4. The highest BCUT2D eigenvalue weighted by molar-refractivity contribution is 7.89. The van der Waals surface area contributed by atoms with Crippen LogP contribution in [-0.2, 0) is 45.4 Å². The number of fused-ring (bicyclic) bond motifs is 2. The third kappa shape index (κ3) is 7.64. The van der Waals surface area contributed by atoms with Gasteiger partial charge in [-0.05, 0) is 78.6 Å². The maximum Gasteiger partial charge on any atom is 0.422 e. The minimum Gasteiger partial charge on any atom is -0.483 e. The number of amides is 2. The van der Waals surface area contributed by atoms with Gasteiger partial charge in [0, 0.05) is 22.8 Å². The van der Waals surface area contributed by atoms with E-state index in [0.717, 1.165) is 21.6 Å². The summed E-state index contributed by atoms with van der Waals surface area (Å²) in [5, 5.41) is -0.153. The summed E-state index contributed by atoms with van der Waals surface area (Å²) in [7, 11) is -4.20. The van der Waals surface area contributed by atoms with Crippen LogP contribution in [0.2, 0.25) is 0 Å². The number of hydrogen-bond donors (Lipinski definition) is 1. The molecule has 1 aliphatic carbocycles. The number of aryl methyl sites for hydroxylation is 3. The molecule has 16 heteroatoms. The minimum atomic E-state index is -4.81. The monoisotopic (exact) mass is 763 g/mol. The highest BCUT2D eigenvalue weighted by atomic mass is 32.2. The summed E-state index contributed by atoms with van der Waals surface area (Å²) in [4.78, 5) is 32.7. The van der Waals surface area contributed by atoms with Gasteiger partial charge in [0.15, 0.2) is 19.0 Å². The maximum atomic E-state index is 14.0. The molecule has 0 bridgehead atoms. The Morgan fingerprint density at radius 2 is 1.55 bits per heavy atom. The van der Waals surface area contributed by atoms with Crippen molar-refractivity contribution >= 4 is 38.4 Å². The molecule has 1 N–H and O–H groups in total. The molecule has 2 amide bonds. The van der Waals surface area contributed by atoms with Gasteiger partial charge in [-0.3, -0.25) is 19.3 Å². The Bertz CT molecular complexity index is 2200. The molecule has 0 unspecified atom stereocenters. The second-order valence-corrected chi connectivity index (χ2v) is 14.9. The average Bonchev–Trinajstić information content (AvgIpc) is 3.82. The van der Waals surface area contributed by atoms with Gasteiger partial charge in [0.2, 0.25) is 15.9 Å². The number of hydrogen-bond acceptors (Lipinski definition) is 7. The van der Waals surface area contributed by atoms with E-state index in [1.54, 1.807) is 6.92 Å². The fraction of sp³-hybridized carbons (Fsp3) is 0.378. The molecule has 0 saturated heterocycles. The fourth-order valence-electron chi connectivity index (χ4n) is 7.03. The number of nitrogens with zero attached hydrogens (tertiary/aromatic N) is 2. The van der Waals surface area contributed by atoms with Gasteiger partial charge in [-0.1, -0.05) is 44.2 Å². The van der Waals surface area contributed by atoms with Gasteiger partial charge in [0.05, 0.1) is 23.3 Å². The molecule has 1 aromatic heterocycles. The van der Waals surface area contributed by atoms with Crippen LogP contribution in [0.4, 0.5) is 32.0 Å². The van der Waals surface area contributed by atoms with Crippen LogP contribution in [0.1, 0.15) is 70.4 Å². The van der Waals surface area contributed by atoms with E-state index in [0.29, 0.717) is 31.2 Å². The number of anilines is 1. The summed E-state index contributed by atoms with van der Waals surface area (Å²) in [5.74, 6) is -2.99. The van der Waals surface area contributed by atoms with Gasteiger partial charge in [0.25, 0.3) is 5.91 Å². The van der Waals surface area contributed by atoms with Crippen LogP contribution in [0.5, 0.6) is 11.5 Å². The number of rotatable bonds is 12. The first kappa shape index (κ1) is 37.9. The van der Waals surface area contributed by atoms with Crippen LogP contribution in [0, 0.1) is 6.92 Å². The molecule has 282 valence electrons.